The van der Waals surface area contributed by atoms with E-state index in [2.05, 4.69) is 0 Å². The highest BCUT2D eigenvalue weighted by Gasteiger charge is 2.25. The van der Waals surface area contributed by atoms with Gasteiger partial charge >= 0.3 is 8.03 Å². The Kier molecular flexibility index (Phi) is 3.33. The zero-order valence-corrected chi connectivity index (χ0v) is 9.85. The topological polar surface area (TPSA) is 26.3 Å². The van der Waals surface area contributed by atoms with Crippen LogP contribution >= 0.6 is 8.03 Å². The summed E-state index contributed by atoms with van der Waals surface area (Å²) in [7, 11) is -1.82. The van der Waals surface area contributed by atoms with Gasteiger partial charge in [0.2, 0.25) is 5.30 Å². The van der Waals surface area contributed by atoms with E-state index in [0.29, 0.717) is 5.75 Å². The van der Waals surface area contributed by atoms with Gasteiger partial charge in [-0.15, -0.1) is 0 Å². The Bertz CT molecular complexity index is 494. The van der Waals surface area contributed by atoms with Crippen LogP contribution < -0.4 is 9.83 Å². The van der Waals surface area contributed by atoms with Crippen LogP contribution in [0.4, 0.5) is 0 Å². The summed E-state index contributed by atoms with van der Waals surface area (Å²) in [6.45, 7) is 1.93. The second kappa shape index (κ2) is 4.91. The Morgan fingerprint density at radius 2 is 1.56 bits per heavy atom. The number of benzene rings is 2. The van der Waals surface area contributed by atoms with Crippen LogP contribution in [0, 0.1) is 6.92 Å². The molecule has 80 valence electrons. The maximum atomic E-state index is 12.0. The second-order valence-corrected chi connectivity index (χ2v) is 4.63. The van der Waals surface area contributed by atoms with Gasteiger partial charge in [0.25, 0.3) is 0 Å². The molecule has 0 aromatic heterocycles. The summed E-state index contributed by atoms with van der Waals surface area (Å²) >= 11 is 0. The fourth-order valence-electron chi connectivity index (χ4n) is 1.39. The maximum Gasteiger partial charge on any atom is 0.597 e. The van der Waals surface area contributed by atoms with E-state index in [0.717, 1.165) is 10.9 Å². The molecule has 2 rings (SSSR count). The maximum absolute atomic E-state index is 12.0. The van der Waals surface area contributed by atoms with Crippen molar-refractivity contribution in [1.29, 1.82) is 0 Å². The van der Waals surface area contributed by atoms with E-state index < -0.39 is 8.03 Å². The third-order valence-electron chi connectivity index (χ3n) is 2.24. The molecular weight excluding hydrogens is 219 g/mol. The first-order chi connectivity index (χ1) is 7.77. The van der Waals surface area contributed by atoms with Gasteiger partial charge < -0.3 is 0 Å². The minimum atomic E-state index is -1.82. The smallest absolute Gasteiger partial charge is 0.250 e. The molecule has 0 saturated carbocycles. The van der Waals surface area contributed by atoms with Crippen molar-refractivity contribution in [3.8, 4) is 5.75 Å². The molecule has 0 aliphatic rings. The third-order valence-corrected chi connectivity index (χ3v) is 3.52. The highest BCUT2D eigenvalue weighted by Crippen LogP contribution is 2.26. The van der Waals surface area contributed by atoms with Crippen LogP contribution in [0.3, 0.4) is 0 Å². The van der Waals surface area contributed by atoms with Crippen molar-refractivity contribution in [2.45, 2.75) is 6.92 Å². The lowest BCUT2D eigenvalue weighted by atomic mass is 10.2. The SMILES string of the molecule is Cc1ccccc1[P+](=O)Oc1ccccc1. The fourth-order valence-corrected chi connectivity index (χ4v) is 2.38. The standard InChI is InChI=1S/C13H12O2P/c1-11-7-5-6-10-13(11)16(14)15-12-8-3-2-4-9-12/h2-10H,1H3/q+1. The first-order valence-corrected chi connectivity index (χ1v) is 6.21. The van der Waals surface area contributed by atoms with Crippen LogP contribution in [0.15, 0.2) is 54.6 Å². The van der Waals surface area contributed by atoms with E-state index in [1.165, 1.54) is 0 Å². The van der Waals surface area contributed by atoms with E-state index in [4.69, 9.17) is 4.52 Å². The molecule has 16 heavy (non-hydrogen) atoms. The van der Waals surface area contributed by atoms with Crippen molar-refractivity contribution in [2.24, 2.45) is 0 Å². The Hall–Kier alpha value is -1.66. The number of para-hydroxylation sites is 1. The van der Waals surface area contributed by atoms with Gasteiger partial charge in [0.05, 0.1) is 0 Å². The summed E-state index contributed by atoms with van der Waals surface area (Å²) in [6, 6.07) is 16.7. The first kappa shape index (κ1) is 10.8. The largest absolute Gasteiger partial charge is 0.597 e. The summed E-state index contributed by atoms with van der Waals surface area (Å²) in [5, 5.41) is 0.751. The quantitative estimate of drug-likeness (QED) is 0.756. The number of rotatable bonds is 3. The molecule has 0 bridgehead atoms. The van der Waals surface area contributed by atoms with Gasteiger partial charge in [0.15, 0.2) is 5.75 Å². The molecule has 2 nitrogen and oxygen atoms in total. The lowest BCUT2D eigenvalue weighted by Gasteiger charge is -1.94. The third kappa shape index (κ3) is 2.47. The summed E-state index contributed by atoms with van der Waals surface area (Å²) in [4.78, 5) is 0. The van der Waals surface area contributed by atoms with E-state index in [1.807, 2.05) is 49.4 Å². The van der Waals surface area contributed by atoms with Crippen LogP contribution in [0.1, 0.15) is 5.56 Å². The molecule has 2 aromatic rings. The zero-order chi connectivity index (χ0) is 11.4. The molecule has 0 amide bonds. The van der Waals surface area contributed by atoms with Crippen molar-refractivity contribution in [3.63, 3.8) is 0 Å². The predicted octanol–water partition coefficient (Wildman–Crippen LogP) is 3.44. The lowest BCUT2D eigenvalue weighted by Crippen LogP contribution is -2.03. The Labute approximate surface area is 95.8 Å². The summed E-state index contributed by atoms with van der Waals surface area (Å²) in [6.07, 6.45) is 0. The van der Waals surface area contributed by atoms with Crippen molar-refractivity contribution in [1.82, 2.24) is 0 Å². The number of hydrogen-bond acceptors (Lipinski definition) is 2. The average molecular weight is 231 g/mol. The van der Waals surface area contributed by atoms with Gasteiger partial charge in [0.1, 0.15) is 0 Å². The molecule has 0 spiro atoms. The summed E-state index contributed by atoms with van der Waals surface area (Å²) in [5.74, 6) is 0.631. The van der Waals surface area contributed by atoms with Crippen LogP contribution in [-0.4, -0.2) is 0 Å². The zero-order valence-electron chi connectivity index (χ0n) is 8.96. The van der Waals surface area contributed by atoms with Gasteiger partial charge in [-0.1, -0.05) is 36.4 Å². The van der Waals surface area contributed by atoms with E-state index in [1.54, 1.807) is 12.1 Å². The van der Waals surface area contributed by atoms with Gasteiger partial charge in [-0.05, 0) is 29.7 Å². The Morgan fingerprint density at radius 3 is 2.25 bits per heavy atom. The van der Waals surface area contributed by atoms with Crippen LogP contribution in [-0.2, 0) is 4.57 Å². The molecular formula is C13H12O2P+. The average Bonchev–Trinajstić information content (AvgIpc) is 2.31. The summed E-state index contributed by atoms with van der Waals surface area (Å²) < 4.78 is 17.4. The van der Waals surface area contributed by atoms with Crippen LogP contribution in [0.2, 0.25) is 0 Å². The molecule has 0 N–H and O–H groups in total. The monoisotopic (exact) mass is 231 g/mol. The highest BCUT2D eigenvalue weighted by molar-refractivity contribution is 7.48. The normalized spacial score (nSPS) is 10.9. The minimum Gasteiger partial charge on any atom is -0.250 e. The predicted molar refractivity (Wildman–Crippen MR) is 65.5 cm³/mol. The fraction of sp³-hybridized carbons (Fsp3) is 0.0769. The highest BCUT2D eigenvalue weighted by atomic mass is 31.1. The molecule has 0 aliphatic heterocycles. The second-order valence-electron chi connectivity index (χ2n) is 3.45. The van der Waals surface area contributed by atoms with Crippen LogP contribution in [0.5, 0.6) is 5.75 Å². The molecule has 3 heteroatoms. The van der Waals surface area contributed by atoms with Gasteiger partial charge in [-0.3, -0.25) is 4.52 Å². The Morgan fingerprint density at radius 1 is 0.938 bits per heavy atom. The molecule has 0 fully saturated rings. The van der Waals surface area contributed by atoms with E-state index in [9.17, 15) is 4.57 Å². The number of hydrogen-bond donors (Lipinski definition) is 0. The molecule has 0 saturated heterocycles. The molecule has 2 aromatic carbocycles. The van der Waals surface area contributed by atoms with E-state index >= 15 is 0 Å². The summed E-state index contributed by atoms with van der Waals surface area (Å²) in [5.41, 5.74) is 0.986. The van der Waals surface area contributed by atoms with E-state index in [-0.39, 0.29) is 0 Å². The van der Waals surface area contributed by atoms with Crippen molar-refractivity contribution >= 4 is 13.3 Å². The van der Waals surface area contributed by atoms with Crippen molar-refractivity contribution in [2.75, 3.05) is 0 Å². The number of aryl methyl sites for hydroxylation is 1. The van der Waals surface area contributed by atoms with Crippen molar-refractivity contribution < 1.29 is 9.09 Å². The molecule has 0 aliphatic carbocycles. The minimum absolute atomic E-state index is 0.631. The van der Waals surface area contributed by atoms with Gasteiger partial charge in [-0.2, -0.15) is 0 Å². The molecule has 1 unspecified atom stereocenters. The van der Waals surface area contributed by atoms with Crippen LogP contribution in [0.25, 0.3) is 0 Å². The van der Waals surface area contributed by atoms with Gasteiger partial charge in [-0.25, -0.2) is 0 Å². The first-order valence-electron chi connectivity index (χ1n) is 5.03. The molecule has 0 radical (unpaired) electrons. The Balaban J connectivity index is 2.19. The lowest BCUT2D eigenvalue weighted by molar-refractivity contribution is 0.514. The molecule has 1 atom stereocenters. The van der Waals surface area contributed by atoms with Gasteiger partial charge in [0, 0.05) is 5.56 Å². The van der Waals surface area contributed by atoms with Crippen molar-refractivity contribution in [3.05, 3.63) is 60.2 Å². The molecule has 0 heterocycles.